The highest BCUT2D eigenvalue weighted by Gasteiger charge is 2.19. The molecule has 1 heterocycles. The lowest BCUT2D eigenvalue weighted by Gasteiger charge is -2.11. The second kappa shape index (κ2) is 11.6. The number of nitrogens with one attached hydrogen (secondary N) is 2. The van der Waals surface area contributed by atoms with Crippen LogP contribution in [-0.2, 0) is 21.2 Å². The van der Waals surface area contributed by atoms with Gasteiger partial charge in [0.15, 0.2) is 5.58 Å². The van der Waals surface area contributed by atoms with Crippen LogP contribution in [0.1, 0.15) is 11.1 Å². The number of aromatic nitrogens is 1. The molecule has 39 heavy (non-hydrogen) atoms. The van der Waals surface area contributed by atoms with Gasteiger partial charge < -0.3 is 14.5 Å². The van der Waals surface area contributed by atoms with E-state index < -0.39 is 10.0 Å². The molecule has 5 rings (SSSR count). The third-order valence-electron chi connectivity index (χ3n) is 5.86. The minimum absolute atomic E-state index is 0.0264. The van der Waals surface area contributed by atoms with Crippen LogP contribution in [0.5, 0.6) is 5.75 Å². The van der Waals surface area contributed by atoms with Crippen molar-refractivity contribution < 1.29 is 22.4 Å². The first-order valence-electron chi connectivity index (χ1n) is 12.0. The Kier molecular flexibility index (Phi) is 7.85. The van der Waals surface area contributed by atoms with Crippen LogP contribution in [0.2, 0.25) is 0 Å². The minimum atomic E-state index is -3.90. The van der Waals surface area contributed by atoms with Crippen molar-refractivity contribution in [3.05, 3.63) is 108 Å². The average molecular weight is 560 g/mol. The van der Waals surface area contributed by atoms with Gasteiger partial charge in [-0.1, -0.05) is 72.4 Å². The molecule has 0 bridgehead atoms. The number of nitrogens with zero attached hydrogens (tertiary/aromatic N) is 1. The summed E-state index contributed by atoms with van der Waals surface area (Å²) >= 11 is 1.13. The summed E-state index contributed by atoms with van der Waals surface area (Å²) in [7, 11) is -2.43. The number of anilines is 2. The molecule has 8 nitrogen and oxygen atoms in total. The number of thioether (sulfide) groups is 1. The van der Waals surface area contributed by atoms with Gasteiger partial charge in [0.2, 0.25) is 5.91 Å². The van der Waals surface area contributed by atoms with Gasteiger partial charge in [0.1, 0.15) is 11.3 Å². The fourth-order valence-electron chi connectivity index (χ4n) is 3.97. The van der Waals surface area contributed by atoms with Gasteiger partial charge in [-0.25, -0.2) is 13.4 Å². The molecule has 0 fully saturated rings. The maximum atomic E-state index is 13.0. The minimum Gasteiger partial charge on any atom is -0.495 e. The Balaban J connectivity index is 1.25. The maximum absolute atomic E-state index is 13.0. The van der Waals surface area contributed by atoms with E-state index >= 15 is 0 Å². The molecule has 198 valence electrons. The first-order valence-corrected chi connectivity index (χ1v) is 14.5. The Bertz CT molecular complexity index is 1720. The van der Waals surface area contributed by atoms with E-state index in [0.717, 1.165) is 28.6 Å². The number of carbonyl (C=O) groups is 1. The van der Waals surface area contributed by atoms with Crippen molar-refractivity contribution in [3.63, 3.8) is 0 Å². The number of para-hydroxylation sites is 3. The van der Waals surface area contributed by atoms with Crippen molar-refractivity contribution in [2.45, 2.75) is 16.5 Å². The van der Waals surface area contributed by atoms with Crippen LogP contribution in [-0.4, -0.2) is 32.2 Å². The largest absolute Gasteiger partial charge is 0.495 e. The van der Waals surface area contributed by atoms with E-state index in [1.54, 1.807) is 30.3 Å². The molecule has 0 aliphatic carbocycles. The SMILES string of the molecule is COc1ccccc1NS(=O)(=O)c1ccc2oc(SCC(=O)Nc3ccccc3Cc3ccccc3)nc2c1. The van der Waals surface area contributed by atoms with E-state index in [1.807, 2.05) is 54.6 Å². The molecule has 0 atom stereocenters. The number of sulfonamides is 1. The molecule has 1 amide bonds. The Morgan fingerprint density at radius 2 is 1.64 bits per heavy atom. The number of ether oxygens (including phenoxy) is 1. The molecule has 0 radical (unpaired) electrons. The molecule has 0 unspecified atom stereocenters. The van der Waals surface area contributed by atoms with E-state index in [9.17, 15) is 13.2 Å². The summed E-state index contributed by atoms with van der Waals surface area (Å²) in [5.74, 6) is 0.280. The highest BCUT2D eigenvalue weighted by atomic mass is 32.2. The topological polar surface area (TPSA) is 111 Å². The predicted octanol–water partition coefficient (Wildman–Crippen LogP) is 5.96. The van der Waals surface area contributed by atoms with Crippen LogP contribution in [0.15, 0.2) is 112 Å². The summed E-state index contributed by atoms with van der Waals surface area (Å²) in [5, 5.41) is 3.24. The molecular formula is C29H25N3O5S2. The van der Waals surface area contributed by atoms with Crippen molar-refractivity contribution >= 4 is 50.2 Å². The molecule has 0 aliphatic heterocycles. The molecule has 0 saturated heterocycles. The number of fused-ring (bicyclic) bond motifs is 1. The quantitative estimate of drug-likeness (QED) is 0.203. The highest BCUT2D eigenvalue weighted by molar-refractivity contribution is 7.99. The number of hydrogen-bond acceptors (Lipinski definition) is 7. The zero-order valence-electron chi connectivity index (χ0n) is 21.0. The van der Waals surface area contributed by atoms with Crippen LogP contribution in [0.25, 0.3) is 11.1 Å². The lowest BCUT2D eigenvalue weighted by atomic mass is 10.0. The van der Waals surface area contributed by atoms with Gasteiger partial charge in [0.25, 0.3) is 15.2 Å². The van der Waals surface area contributed by atoms with Gasteiger partial charge in [0, 0.05) is 5.69 Å². The molecule has 1 aromatic heterocycles. The van der Waals surface area contributed by atoms with Gasteiger partial charge >= 0.3 is 0 Å². The molecule has 0 saturated carbocycles. The van der Waals surface area contributed by atoms with E-state index in [1.165, 1.54) is 19.2 Å². The van der Waals surface area contributed by atoms with E-state index in [4.69, 9.17) is 9.15 Å². The van der Waals surface area contributed by atoms with Crippen LogP contribution in [0, 0.1) is 0 Å². The van der Waals surface area contributed by atoms with Crippen molar-refractivity contribution in [3.8, 4) is 5.75 Å². The Morgan fingerprint density at radius 1 is 0.923 bits per heavy atom. The molecule has 2 N–H and O–H groups in total. The Hall–Kier alpha value is -4.28. The van der Waals surface area contributed by atoms with Crippen LogP contribution < -0.4 is 14.8 Å². The zero-order valence-corrected chi connectivity index (χ0v) is 22.6. The maximum Gasteiger partial charge on any atom is 0.262 e. The standard InChI is InChI=1S/C29H25N3O5S2/c1-36-26-14-8-7-13-24(26)32-39(34,35)22-15-16-27-25(18-22)31-29(37-27)38-19-28(33)30-23-12-6-5-11-21(23)17-20-9-3-2-4-10-20/h2-16,18,32H,17,19H2,1H3,(H,30,33). The first kappa shape index (κ1) is 26.3. The molecule has 0 aliphatic rings. The zero-order chi connectivity index (χ0) is 27.2. The third kappa shape index (κ3) is 6.42. The molecule has 5 aromatic rings. The molecule has 0 spiro atoms. The van der Waals surface area contributed by atoms with Crippen molar-refractivity contribution in [2.24, 2.45) is 0 Å². The molecule has 4 aromatic carbocycles. The summed E-state index contributed by atoms with van der Waals surface area (Å²) in [6.45, 7) is 0. The lowest BCUT2D eigenvalue weighted by Crippen LogP contribution is -2.15. The first-order chi connectivity index (χ1) is 18.9. The van der Waals surface area contributed by atoms with E-state index in [0.29, 0.717) is 29.0 Å². The lowest BCUT2D eigenvalue weighted by molar-refractivity contribution is -0.113. The number of hydrogen-bond donors (Lipinski definition) is 2. The van der Waals surface area contributed by atoms with Crippen molar-refractivity contribution in [1.82, 2.24) is 4.98 Å². The number of benzene rings is 4. The predicted molar refractivity (Wildman–Crippen MR) is 153 cm³/mol. The normalized spacial score (nSPS) is 11.3. The number of amides is 1. The monoisotopic (exact) mass is 559 g/mol. The van der Waals surface area contributed by atoms with E-state index in [2.05, 4.69) is 15.0 Å². The van der Waals surface area contributed by atoms with Gasteiger partial charge in [-0.2, -0.15) is 0 Å². The van der Waals surface area contributed by atoms with Gasteiger partial charge in [0.05, 0.1) is 23.4 Å². The Morgan fingerprint density at radius 3 is 2.44 bits per heavy atom. The fourth-order valence-corrected chi connectivity index (χ4v) is 5.70. The smallest absolute Gasteiger partial charge is 0.262 e. The van der Waals surface area contributed by atoms with Gasteiger partial charge in [-0.3, -0.25) is 9.52 Å². The van der Waals surface area contributed by atoms with Crippen molar-refractivity contribution in [1.29, 1.82) is 0 Å². The summed E-state index contributed by atoms with van der Waals surface area (Å²) in [6.07, 6.45) is 0.701. The number of rotatable bonds is 10. The van der Waals surface area contributed by atoms with Crippen molar-refractivity contribution in [2.75, 3.05) is 22.9 Å². The number of methoxy groups -OCH3 is 1. The molecular weight excluding hydrogens is 534 g/mol. The van der Waals surface area contributed by atoms with Crippen LogP contribution >= 0.6 is 11.8 Å². The second-order valence-electron chi connectivity index (χ2n) is 8.57. The van der Waals surface area contributed by atoms with Crippen LogP contribution in [0.3, 0.4) is 0 Å². The summed E-state index contributed by atoms with van der Waals surface area (Å²) in [4.78, 5) is 17.1. The van der Waals surface area contributed by atoms with Gasteiger partial charge in [-0.05, 0) is 53.9 Å². The fraction of sp³-hybridized carbons (Fsp3) is 0.103. The van der Waals surface area contributed by atoms with Crippen LogP contribution in [0.4, 0.5) is 11.4 Å². The summed E-state index contributed by atoms with van der Waals surface area (Å²) in [5.41, 5.74) is 4.03. The average Bonchev–Trinajstić information content (AvgIpc) is 3.36. The van der Waals surface area contributed by atoms with E-state index in [-0.39, 0.29) is 21.8 Å². The second-order valence-corrected chi connectivity index (χ2v) is 11.2. The summed E-state index contributed by atoms with van der Waals surface area (Å²) < 4.78 is 39.4. The number of oxazole rings is 1. The van der Waals surface area contributed by atoms with Gasteiger partial charge in [-0.15, -0.1) is 0 Å². The number of carbonyl (C=O) groups excluding carboxylic acids is 1. The molecule has 10 heteroatoms. The Labute approximate surface area is 230 Å². The summed E-state index contributed by atoms with van der Waals surface area (Å²) in [6, 6.07) is 28.9. The third-order valence-corrected chi connectivity index (χ3v) is 8.05. The highest BCUT2D eigenvalue weighted by Crippen LogP contribution is 2.29.